The van der Waals surface area contributed by atoms with Crippen molar-refractivity contribution in [1.29, 1.82) is 0 Å². The summed E-state index contributed by atoms with van der Waals surface area (Å²) in [4.78, 5) is 11.8. The van der Waals surface area contributed by atoms with E-state index in [1.807, 2.05) is 0 Å². The van der Waals surface area contributed by atoms with Crippen LogP contribution in [0.25, 0.3) is 6.08 Å². The fourth-order valence-corrected chi connectivity index (χ4v) is 1.73. The van der Waals surface area contributed by atoms with Crippen molar-refractivity contribution in [1.82, 2.24) is 0 Å². The molecule has 0 aromatic heterocycles. The summed E-state index contributed by atoms with van der Waals surface area (Å²) in [5.74, 6) is -0.883. The lowest BCUT2D eigenvalue weighted by molar-refractivity contribution is -0.111. The zero-order valence-electron chi connectivity index (χ0n) is 11.2. The van der Waals surface area contributed by atoms with Crippen LogP contribution in [0, 0.1) is 0 Å². The molecule has 0 aliphatic carbocycles. The lowest BCUT2D eigenvalue weighted by Crippen LogP contribution is -2.08. The normalized spacial score (nSPS) is 10.7. The predicted molar refractivity (Wildman–Crippen MR) is 79.8 cm³/mol. The summed E-state index contributed by atoms with van der Waals surface area (Å²) in [7, 11) is 0. The number of carbonyl (C=O) groups is 1. The zero-order chi connectivity index (χ0) is 15.2. The lowest BCUT2D eigenvalue weighted by Gasteiger charge is -2.06. The van der Waals surface area contributed by atoms with Crippen LogP contribution in [-0.4, -0.2) is 21.2 Å². The first-order valence-corrected chi connectivity index (χ1v) is 6.30. The van der Waals surface area contributed by atoms with Crippen LogP contribution < -0.4 is 5.32 Å². The van der Waals surface area contributed by atoms with Crippen LogP contribution in [0.1, 0.15) is 11.1 Å². The Morgan fingerprint density at radius 1 is 1.05 bits per heavy atom. The summed E-state index contributed by atoms with van der Waals surface area (Å²) in [5, 5.41) is 30.5. The Hall–Kier alpha value is -2.79. The Morgan fingerprint density at radius 3 is 2.24 bits per heavy atom. The van der Waals surface area contributed by atoms with Crippen molar-refractivity contribution < 1.29 is 20.1 Å². The molecule has 2 rings (SSSR count). The fraction of sp³-hybridized carbons (Fsp3) is 0.0625. The van der Waals surface area contributed by atoms with E-state index in [0.29, 0.717) is 0 Å². The molecule has 1 amide bonds. The van der Waals surface area contributed by atoms with Gasteiger partial charge in [0.25, 0.3) is 0 Å². The summed E-state index contributed by atoms with van der Waals surface area (Å²) in [6.45, 7) is -0.0307. The molecule has 0 aliphatic heterocycles. The van der Waals surface area contributed by atoms with Gasteiger partial charge >= 0.3 is 0 Å². The SMILES string of the molecule is O=C(C=Cc1ccc(CO)cc1)Nc1c(O)cccc1O. The van der Waals surface area contributed by atoms with Crippen LogP contribution in [0.15, 0.2) is 48.5 Å². The second kappa shape index (κ2) is 6.58. The number of nitrogens with one attached hydrogen (secondary N) is 1. The zero-order valence-corrected chi connectivity index (χ0v) is 11.2. The largest absolute Gasteiger partial charge is 0.506 e. The molecular formula is C16H15NO4. The number of aromatic hydroxyl groups is 2. The first kappa shape index (κ1) is 14.6. The minimum atomic E-state index is -0.474. The summed E-state index contributed by atoms with van der Waals surface area (Å²) < 4.78 is 0. The average molecular weight is 285 g/mol. The lowest BCUT2D eigenvalue weighted by atomic mass is 10.1. The molecule has 0 radical (unpaired) electrons. The van der Waals surface area contributed by atoms with E-state index in [2.05, 4.69) is 5.32 Å². The van der Waals surface area contributed by atoms with Crippen LogP contribution in [0.5, 0.6) is 11.5 Å². The number of phenols is 2. The minimum Gasteiger partial charge on any atom is -0.506 e. The van der Waals surface area contributed by atoms with E-state index in [1.165, 1.54) is 24.3 Å². The molecule has 0 aliphatic rings. The van der Waals surface area contributed by atoms with Crippen molar-refractivity contribution >= 4 is 17.7 Å². The van der Waals surface area contributed by atoms with Gasteiger partial charge in [-0.2, -0.15) is 0 Å². The van der Waals surface area contributed by atoms with Crippen LogP contribution in [0.2, 0.25) is 0 Å². The average Bonchev–Trinajstić information content (AvgIpc) is 2.49. The maximum absolute atomic E-state index is 11.8. The molecule has 0 fully saturated rings. The highest BCUT2D eigenvalue weighted by molar-refractivity contribution is 6.03. The van der Waals surface area contributed by atoms with Gasteiger partial charge in [0.2, 0.25) is 5.91 Å². The molecule has 0 atom stereocenters. The number of rotatable bonds is 4. The highest BCUT2D eigenvalue weighted by Crippen LogP contribution is 2.32. The number of amides is 1. The summed E-state index contributed by atoms with van der Waals surface area (Å²) >= 11 is 0. The maximum atomic E-state index is 11.8. The molecule has 5 heteroatoms. The number of para-hydroxylation sites is 1. The molecular weight excluding hydrogens is 270 g/mol. The number of aliphatic hydroxyl groups is 1. The third-order valence-electron chi connectivity index (χ3n) is 2.86. The third-order valence-corrected chi connectivity index (χ3v) is 2.86. The topological polar surface area (TPSA) is 89.8 Å². The second-order valence-corrected chi connectivity index (χ2v) is 4.39. The third kappa shape index (κ3) is 3.84. The van der Waals surface area contributed by atoms with E-state index in [1.54, 1.807) is 30.3 Å². The van der Waals surface area contributed by atoms with Crippen LogP contribution in [-0.2, 0) is 11.4 Å². The summed E-state index contributed by atoms with van der Waals surface area (Å²) in [6, 6.07) is 11.3. The number of carbonyl (C=O) groups excluding carboxylic acids is 1. The Morgan fingerprint density at radius 2 is 1.67 bits per heavy atom. The van der Waals surface area contributed by atoms with Gasteiger partial charge in [-0.05, 0) is 29.3 Å². The van der Waals surface area contributed by atoms with Gasteiger partial charge in [0, 0.05) is 6.08 Å². The van der Waals surface area contributed by atoms with Crippen molar-refractivity contribution in [2.75, 3.05) is 5.32 Å². The Kier molecular flexibility index (Phi) is 4.58. The van der Waals surface area contributed by atoms with E-state index < -0.39 is 5.91 Å². The smallest absolute Gasteiger partial charge is 0.248 e. The monoisotopic (exact) mass is 285 g/mol. The van der Waals surface area contributed by atoms with Gasteiger partial charge < -0.3 is 20.6 Å². The number of aliphatic hydroxyl groups excluding tert-OH is 1. The van der Waals surface area contributed by atoms with Gasteiger partial charge in [0.1, 0.15) is 17.2 Å². The van der Waals surface area contributed by atoms with Gasteiger partial charge in [-0.15, -0.1) is 0 Å². The van der Waals surface area contributed by atoms with Crippen LogP contribution in [0.3, 0.4) is 0 Å². The molecule has 21 heavy (non-hydrogen) atoms. The quantitative estimate of drug-likeness (QED) is 0.512. The van der Waals surface area contributed by atoms with E-state index in [9.17, 15) is 15.0 Å². The highest BCUT2D eigenvalue weighted by atomic mass is 16.3. The van der Waals surface area contributed by atoms with Crippen molar-refractivity contribution in [2.24, 2.45) is 0 Å². The van der Waals surface area contributed by atoms with E-state index >= 15 is 0 Å². The van der Waals surface area contributed by atoms with Crippen LogP contribution >= 0.6 is 0 Å². The minimum absolute atomic E-state index is 0.0252. The molecule has 0 bridgehead atoms. The Balaban J connectivity index is 2.05. The number of anilines is 1. The van der Waals surface area contributed by atoms with Crippen molar-refractivity contribution in [2.45, 2.75) is 6.61 Å². The molecule has 0 heterocycles. The van der Waals surface area contributed by atoms with Gasteiger partial charge in [-0.3, -0.25) is 4.79 Å². The van der Waals surface area contributed by atoms with Gasteiger partial charge in [-0.25, -0.2) is 0 Å². The Labute approximate surface area is 121 Å². The molecule has 0 spiro atoms. The standard InChI is InChI=1S/C16H15NO4/c18-10-12-6-4-11(5-7-12)8-9-15(21)17-16-13(19)2-1-3-14(16)20/h1-9,18-20H,10H2,(H,17,21). The van der Waals surface area contributed by atoms with Crippen molar-refractivity contribution in [3.63, 3.8) is 0 Å². The maximum Gasteiger partial charge on any atom is 0.248 e. The van der Waals surface area contributed by atoms with Gasteiger partial charge in [0.05, 0.1) is 6.61 Å². The number of phenolic OH excluding ortho intramolecular Hbond substituents is 2. The predicted octanol–water partition coefficient (Wildman–Crippen LogP) is 2.24. The molecule has 0 saturated heterocycles. The number of hydrogen-bond acceptors (Lipinski definition) is 4. The highest BCUT2D eigenvalue weighted by Gasteiger charge is 2.08. The molecule has 0 saturated carbocycles. The van der Waals surface area contributed by atoms with Crippen molar-refractivity contribution in [3.05, 3.63) is 59.7 Å². The molecule has 2 aromatic rings. The molecule has 2 aromatic carbocycles. The van der Waals surface area contributed by atoms with E-state index in [-0.39, 0.29) is 23.8 Å². The van der Waals surface area contributed by atoms with Crippen LogP contribution in [0.4, 0.5) is 5.69 Å². The number of hydrogen-bond donors (Lipinski definition) is 4. The first-order valence-electron chi connectivity index (χ1n) is 6.30. The van der Waals surface area contributed by atoms with Gasteiger partial charge in [-0.1, -0.05) is 30.3 Å². The number of benzene rings is 2. The van der Waals surface area contributed by atoms with E-state index in [4.69, 9.17) is 5.11 Å². The molecule has 5 nitrogen and oxygen atoms in total. The van der Waals surface area contributed by atoms with Crippen molar-refractivity contribution in [3.8, 4) is 11.5 Å². The summed E-state index contributed by atoms with van der Waals surface area (Å²) in [5.41, 5.74) is 1.56. The van der Waals surface area contributed by atoms with E-state index in [0.717, 1.165) is 11.1 Å². The fourth-order valence-electron chi connectivity index (χ4n) is 1.73. The summed E-state index contributed by atoms with van der Waals surface area (Å²) in [6.07, 6.45) is 2.88. The Bertz CT molecular complexity index is 642. The second-order valence-electron chi connectivity index (χ2n) is 4.39. The molecule has 108 valence electrons. The molecule has 4 N–H and O–H groups in total. The van der Waals surface area contributed by atoms with Gasteiger partial charge in [0.15, 0.2) is 0 Å². The molecule has 0 unspecified atom stereocenters. The first-order chi connectivity index (χ1) is 10.1.